The van der Waals surface area contributed by atoms with E-state index >= 15 is 0 Å². The molecule has 2 aliphatic rings. The Morgan fingerprint density at radius 1 is 1.22 bits per heavy atom. The number of aryl methyl sites for hydroxylation is 1. The van der Waals surface area contributed by atoms with Gasteiger partial charge in [0.1, 0.15) is 0 Å². The average Bonchev–Trinajstić information content (AvgIpc) is 3.03. The molecule has 1 aromatic heterocycles. The first-order valence-electron chi connectivity index (χ1n) is 7.61. The van der Waals surface area contributed by atoms with Crippen molar-refractivity contribution >= 4 is 11.3 Å². The van der Waals surface area contributed by atoms with Crippen LogP contribution in [0.5, 0.6) is 0 Å². The van der Waals surface area contributed by atoms with Crippen LogP contribution in [0.2, 0.25) is 0 Å². The fourth-order valence-corrected chi connectivity index (χ4v) is 4.64. The Morgan fingerprint density at radius 3 is 2.83 bits per heavy atom. The molecule has 18 heavy (non-hydrogen) atoms. The summed E-state index contributed by atoms with van der Waals surface area (Å²) in [5.74, 6) is 0.785. The summed E-state index contributed by atoms with van der Waals surface area (Å²) < 4.78 is 0. The van der Waals surface area contributed by atoms with Crippen molar-refractivity contribution in [2.24, 2.45) is 0 Å². The second-order valence-electron chi connectivity index (χ2n) is 5.74. The van der Waals surface area contributed by atoms with Gasteiger partial charge in [0.2, 0.25) is 0 Å². The number of thiazole rings is 1. The molecule has 2 nitrogen and oxygen atoms in total. The molecule has 2 aliphatic carbocycles. The number of nitrogens with one attached hydrogen (secondary N) is 1. The molecular weight excluding hydrogens is 240 g/mol. The van der Waals surface area contributed by atoms with E-state index in [0.29, 0.717) is 6.04 Å². The summed E-state index contributed by atoms with van der Waals surface area (Å²) in [6.45, 7) is 3.36. The summed E-state index contributed by atoms with van der Waals surface area (Å²) in [6.07, 6.45) is 10.7. The van der Waals surface area contributed by atoms with E-state index < -0.39 is 0 Å². The van der Waals surface area contributed by atoms with Crippen molar-refractivity contribution in [2.75, 3.05) is 6.54 Å². The molecular formula is C15H24N2S. The molecule has 0 aromatic carbocycles. The molecule has 1 atom stereocenters. The van der Waals surface area contributed by atoms with E-state index in [4.69, 9.17) is 4.98 Å². The zero-order chi connectivity index (χ0) is 12.4. The number of fused-ring (bicyclic) bond motifs is 1. The van der Waals surface area contributed by atoms with Crippen molar-refractivity contribution in [1.82, 2.24) is 10.3 Å². The largest absolute Gasteiger partial charge is 0.309 e. The van der Waals surface area contributed by atoms with Gasteiger partial charge in [0.25, 0.3) is 0 Å². The van der Waals surface area contributed by atoms with E-state index in [1.807, 2.05) is 11.3 Å². The fourth-order valence-electron chi connectivity index (χ4n) is 3.30. The number of hydrogen-bond acceptors (Lipinski definition) is 3. The minimum atomic E-state index is 0.542. The van der Waals surface area contributed by atoms with Crippen LogP contribution in [0.25, 0.3) is 0 Å². The van der Waals surface area contributed by atoms with E-state index in [-0.39, 0.29) is 0 Å². The molecule has 3 heteroatoms. The molecule has 1 heterocycles. The van der Waals surface area contributed by atoms with E-state index in [1.165, 1.54) is 62.1 Å². The third kappa shape index (κ3) is 2.48. The van der Waals surface area contributed by atoms with Crippen molar-refractivity contribution in [3.63, 3.8) is 0 Å². The van der Waals surface area contributed by atoms with Crippen LogP contribution in [0.3, 0.4) is 0 Å². The molecule has 0 saturated heterocycles. The van der Waals surface area contributed by atoms with Crippen LogP contribution in [0.15, 0.2) is 0 Å². The lowest BCUT2D eigenvalue weighted by Gasteiger charge is -2.22. The highest BCUT2D eigenvalue weighted by Gasteiger charge is 2.27. The van der Waals surface area contributed by atoms with Crippen molar-refractivity contribution in [3.8, 4) is 0 Å². The lowest BCUT2D eigenvalue weighted by atomic mass is 9.97. The Kier molecular flexibility index (Phi) is 4.00. The van der Waals surface area contributed by atoms with Crippen molar-refractivity contribution in [3.05, 3.63) is 15.6 Å². The Hall–Kier alpha value is -0.410. The second kappa shape index (κ2) is 5.70. The summed E-state index contributed by atoms with van der Waals surface area (Å²) in [4.78, 5) is 6.60. The van der Waals surface area contributed by atoms with Crippen LogP contribution >= 0.6 is 11.3 Å². The van der Waals surface area contributed by atoms with Gasteiger partial charge in [0, 0.05) is 10.8 Å². The molecule has 1 saturated carbocycles. The van der Waals surface area contributed by atoms with Crippen LogP contribution in [-0.4, -0.2) is 11.5 Å². The molecule has 0 bridgehead atoms. The predicted molar refractivity (Wildman–Crippen MR) is 77.3 cm³/mol. The quantitative estimate of drug-likeness (QED) is 0.882. The zero-order valence-corrected chi connectivity index (χ0v) is 12.2. The summed E-state index contributed by atoms with van der Waals surface area (Å²) in [5, 5.41) is 5.12. The van der Waals surface area contributed by atoms with Crippen LogP contribution < -0.4 is 5.32 Å². The number of nitrogens with zero attached hydrogens (tertiary/aromatic N) is 1. The lowest BCUT2D eigenvalue weighted by Crippen LogP contribution is -2.25. The zero-order valence-electron chi connectivity index (χ0n) is 11.4. The number of rotatable bonds is 4. The minimum Gasteiger partial charge on any atom is -0.309 e. The first kappa shape index (κ1) is 12.6. The summed E-state index contributed by atoms with van der Waals surface area (Å²) in [6, 6.07) is 0.542. The van der Waals surface area contributed by atoms with Crippen LogP contribution in [0, 0.1) is 0 Å². The summed E-state index contributed by atoms with van der Waals surface area (Å²) in [7, 11) is 0. The third-order valence-corrected chi connectivity index (χ3v) is 5.61. The van der Waals surface area contributed by atoms with Gasteiger partial charge in [0.15, 0.2) is 0 Å². The first-order valence-corrected chi connectivity index (χ1v) is 8.43. The maximum absolute atomic E-state index is 5.02. The Morgan fingerprint density at radius 2 is 2.06 bits per heavy atom. The highest BCUT2D eigenvalue weighted by molar-refractivity contribution is 7.11. The van der Waals surface area contributed by atoms with Gasteiger partial charge in [-0.05, 0) is 45.1 Å². The van der Waals surface area contributed by atoms with Crippen LogP contribution in [0.1, 0.15) is 79.4 Å². The Labute approximate surface area is 114 Å². The number of aromatic nitrogens is 1. The highest BCUT2D eigenvalue weighted by Crippen LogP contribution is 2.40. The van der Waals surface area contributed by atoms with E-state index in [9.17, 15) is 0 Å². The monoisotopic (exact) mass is 264 g/mol. The van der Waals surface area contributed by atoms with Gasteiger partial charge in [-0.2, -0.15) is 0 Å². The van der Waals surface area contributed by atoms with Gasteiger partial charge in [-0.25, -0.2) is 4.98 Å². The molecule has 0 amide bonds. The molecule has 0 radical (unpaired) electrons. The highest BCUT2D eigenvalue weighted by atomic mass is 32.1. The number of hydrogen-bond donors (Lipinski definition) is 1. The molecule has 0 spiro atoms. The summed E-state index contributed by atoms with van der Waals surface area (Å²) in [5.41, 5.74) is 1.40. The Bertz CT molecular complexity index is 393. The molecule has 1 fully saturated rings. The second-order valence-corrected chi connectivity index (χ2v) is 6.86. The van der Waals surface area contributed by atoms with E-state index in [0.717, 1.165) is 12.5 Å². The average molecular weight is 264 g/mol. The van der Waals surface area contributed by atoms with E-state index in [2.05, 4.69) is 12.2 Å². The first-order chi connectivity index (χ1) is 8.88. The molecule has 1 unspecified atom stereocenters. The van der Waals surface area contributed by atoms with Gasteiger partial charge < -0.3 is 5.32 Å². The predicted octanol–water partition coefficient (Wildman–Crippen LogP) is 4.18. The van der Waals surface area contributed by atoms with Crippen LogP contribution in [0.4, 0.5) is 0 Å². The lowest BCUT2D eigenvalue weighted by molar-refractivity contribution is 0.453. The maximum Gasteiger partial charge on any atom is 0.0962 e. The van der Waals surface area contributed by atoms with Gasteiger partial charge in [-0.15, -0.1) is 11.3 Å². The van der Waals surface area contributed by atoms with Crippen molar-refractivity contribution < 1.29 is 0 Å². The SMILES string of the molecule is CCCNC1CCCc2sc(C3CCCC3)nc21. The van der Waals surface area contributed by atoms with E-state index in [1.54, 1.807) is 4.88 Å². The minimum absolute atomic E-state index is 0.542. The molecule has 3 rings (SSSR count). The van der Waals surface area contributed by atoms with Gasteiger partial charge in [-0.1, -0.05) is 19.8 Å². The smallest absolute Gasteiger partial charge is 0.0962 e. The fraction of sp³-hybridized carbons (Fsp3) is 0.800. The summed E-state index contributed by atoms with van der Waals surface area (Å²) >= 11 is 2.02. The molecule has 1 aromatic rings. The van der Waals surface area contributed by atoms with Crippen LogP contribution in [-0.2, 0) is 6.42 Å². The maximum atomic E-state index is 5.02. The Balaban J connectivity index is 1.78. The van der Waals surface area contributed by atoms with Gasteiger partial charge in [-0.3, -0.25) is 0 Å². The molecule has 0 aliphatic heterocycles. The normalized spacial score (nSPS) is 24.4. The van der Waals surface area contributed by atoms with Gasteiger partial charge >= 0.3 is 0 Å². The topological polar surface area (TPSA) is 24.9 Å². The van der Waals surface area contributed by atoms with Crippen molar-refractivity contribution in [2.45, 2.75) is 70.3 Å². The van der Waals surface area contributed by atoms with Crippen molar-refractivity contribution in [1.29, 1.82) is 0 Å². The molecule has 100 valence electrons. The van der Waals surface area contributed by atoms with Gasteiger partial charge in [0.05, 0.1) is 16.7 Å². The standard InChI is InChI=1S/C15H24N2S/c1-2-10-16-12-8-5-9-13-14(12)17-15(18-13)11-6-3-4-7-11/h11-12,16H,2-10H2,1H3. The molecule has 1 N–H and O–H groups in total. The third-order valence-electron chi connectivity index (χ3n) is 4.32.